The quantitative estimate of drug-likeness (QED) is 0.731. The highest BCUT2D eigenvalue weighted by Crippen LogP contribution is 2.19. The van der Waals surface area contributed by atoms with E-state index in [1.54, 1.807) is 0 Å². The molecule has 1 aromatic rings. The topological polar surface area (TPSA) is 29.3 Å². The summed E-state index contributed by atoms with van der Waals surface area (Å²) >= 11 is 0. The predicted octanol–water partition coefficient (Wildman–Crippen LogP) is 3.91. The number of nitrogens with zero attached hydrogens (tertiary/aromatic N) is 1. The molecule has 0 aromatic heterocycles. The molecule has 0 saturated heterocycles. The minimum absolute atomic E-state index is 0.595. The summed E-state index contributed by atoms with van der Waals surface area (Å²) in [5.41, 5.74) is 7.28. The lowest BCUT2D eigenvalue weighted by molar-refractivity contribution is 0.413. The van der Waals surface area contributed by atoms with Crippen LogP contribution in [-0.4, -0.2) is 19.6 Å². The second kappa shape index (κ2) is 8.98. The fourth-order valence-corrected chi connectivity index (χ4v) is 2.54. The fourth-order valence-electron chi connectivity index (χ4n) is 2.54. The van der Waals surface area contributed by atoms with Crippen LogP contribution >= 0.6 is 0 Å². The number of hydrogen-bond acceptors (Lipinski definition) is 2. The molecule has 0 aliphatic heterocycles. The van der Waals surface area contributed by atoms with Gasteiger partial charge in [-0.05, 0) is 43.4 Å². The Hall–Kier alpha value is -1.02. The van der Waals surface area contributed by atoms with Gasteiger partial charge in [0.15, 0.2) is 0 Å². The molecule has 2 heteroatoms. The average molecular weight is 262 g/mol. The second-order valence-electron chi connectivity index (χ2n) is 5.87. The Kier molecular flexibility index (Phi) is 7.57. The molecule has 1 rings (SSSR count). The summed E-state index contributed by atoms with van der Waals surface area (Å²) < 4.78 is 0. The average Bonchev–Trinajstić information content (AvgIpc) is 2.42. The monoisotopic (exact) mass is 262 g/mol. The standard InChI is InChI=1S/C17H30N2/c1-4-5-11-19(17-9-7-6-8-10-17)14-16(13-18)12-15(2)3/h6-10,15-16H,4-5,11-14,18H2,1-3H3. The van der Waals surface area contributed by atoms with Crippen LogP contribution < -0.4 is 10.6 Å². The van der Waals surface area contributed by atoms with Crippen molar-refractivity contribution >= 4 is 5.69 Å². The largest absolute Gasteiger partial charge is 0.371 e. The Balaban J connectivity index is 2.68. The molecule has 0 amide bonds. The van der Waals surface area contributed by atoms with Gasteiger partial charge >= 0.3 is 0 Å². The molecule has 2 N–H and O–H groups in total. The molecule has 19 heavy (non-hydrogen) atoms. The SMILES string of the molecule is CCCCN(CC(CN)CC(C)C)c1ccccc1. The number of para-hydroxylation sites is 1. The van der Waals surface area contributed by atoms with Crippen LogP contribution in [0.3, 0.4) is 0 Å². The summed E-state index contributed by atoms with van der Waals surface area (Å²) in [4.78, 5) is 2.50. The first-order valence-corrected chi connectivity index (χ1v) is 7.67. The minimum Gasteiger partial charge on any atom is -0.371 e. The van der Waals surface area contributed by atoms with Crippen molar-refractivity contribution in [1.82, 2.24) is 0 Å². The summed E-state index contributed by atoms with van der Waals surface area (Å²) in [6.45, 7) is 9.81. The molecule has 0 aliphatic rings. The van der Waals surface area contributed by atoms with Gasteiger partial charge in [-0.2, -0.15) is 0 Å². The van der Waals surface area contributed by atoms with E-state index in [1.165, 1.54) is 24.9 Å². The van der Waals surface area contributed by atoms with Gasteiger partial charge in [-0.3, -0.25) is 0 Å². The van der Waals surface area contributed by atoms with Crippen molar-refractivity contribution in [3.8, 4) is 0 Å². The van der Waals surface area contributed by atoms with Crippen molar-refractivity contribution in [1.29, 1.82) is 0 Å². The smallest absolute Gasteiger partial charge is 0.0366 e. The molecule has 0 saturated carbocycles. The highest BCUT2D eigenvalue weighted by atomic mass is 15.1. The van der Waals surface area contributed by atoms with E-state index in [9.17, 15) is 0 Å². The summed E-state index contributed by atoms with van der Waals surface area (Å²) in [6, 6.07) is 10.7. The minimum atomic E-state index is 0.595. The summed E-state index contributed by atoms with van der Waals surface area (Å²) in [6.07, 6.45) is 3.70. The zero-order valence-electron chi connectivity index (χ0n) is 12.8. The van der Waals surface area contributed by atoms with Gasteiger partial charge < -0.3 is 10.6 Å². The zero-order chi connectivity index (χ0) is 14.1. The predicted molar refractivity (Wildman–Crippen MR) is 85.6 cm³/mol. The number of nitrogens with two attached hydrogens (primary N) is 1. The van der Waals surface area contributed by atoms with Crippen LogP contribution in [0.5, 0.6) is 0 Å². The lowest BCUT2D eigenvalue weighted by atomic mass is 9.96. The number of rotatable bonds is 9. The summed E-state index contributed by atoms with van der Waals surface area (Å²) in [5, 5.41) is 0. The Morgan fingerprint density at radius 2 is 1.84 bits per heavy atom. The van der Waals surface area contributed by atoms with Gasteiger partial charge in [-0.1, -0.05) is 45.4 Å². The second-order valence-corrected chi connectivity index (χ2v) is 5.87. The van der Waals surface area contributed by atoms with Gasteiger partial charge in [0.2, 0.25) is 0 Å². The van der Waals surface area contributed by atoms with E-state index in [1.807, 2.05) is 0 Å². The first-order valence-electron chi connectivity index (χ1n) is 7.67. The van der Waals surface area contributed by atoms with Crippen molar-refractivity contribution < 1.29 is 0 Å². The Bertz CT molecular complexity index is 321. The van der Waals surface area contributed by atoms with Crippen molar-refractivity contribution in [2.45, 2.75) is 40.0 Å². The lowest BCUT2D eigenvalue weighted by Gasteiger charge is -2.30. The van der Waals surface area contributed by atoms with E-state index in [4.69, 9.17) is 5.73 Å². The number of hydrogen-bond donors (Lipinski definition) is 1. The third-order valence-corrected chi connectivity index (χ3v) is 3.52. The highest BCUT2D eigenvalue weighted by Gasteiger charge is 2.14. The molecule has 2 nitrogen and oxygen atoms in total. The zero-order valence-corrected chi connectivity index (χ0v) is 12.8. The van der Waals surface area contributed by atoms with Gasteiger partial charge in [0.1, 0.15) is 0 Å². The molecule has 0 heterocycles. The molecule has 108 valence electrons. The van der Waals surface area contributed by atoms with E-state index >= 15 is 0 Å². The van der Waals surface area contributed by atoms with E-state index in [-0.39, 0.29) is 0 Å². The van der Waals surface area contributed by atoms with E-state index in [0.717, 1.165) is 25.6 Å². The van der Waals surface area contributed by atoms with Gasteiger partial charge in [0.05, 0.1) is 0 Å². The molecular formula is C17H30N2. The van der Waals surface area contributed by atoms with Gasteiger partial charge in [0, 0.05) is 18.8 Å². The molecule has 0 spiro atoms. The van der Waals surface area contributed by atoms with E-state index < -0.39 is 0 Å². The summed E-state index contributed by atoms with van der Waals surface area (Å²) in [7, 11) is 0. The Labute approximate surface area is 119 Å². The van der Waals surface area contributed by atoms with Crippen molar-refractivity contribution in [3.63, 3.8) is 0 Å². The normalized spacial score (nSPS) is 12.7. The fraction of sp³-hybridized carbons (Fsp3) is 0.647. The summed E-state index contributed by atoms with van der Waals surface area (Å²) in [5.74, 6) is 1.31. The molecule has 1 aromatic carbocycles. The molecule has 0 bridgehead atoms. The van der Waals surface area contributed by atoms with Crippen LogP contribution in [0.15, 0.2) is 30.3 Å². The highest BCUT2D eigenvalue weighted by molar-refractivity contribution is 5.45. The maximum atomic E-state index is 5.95. The molecule has 0 aliphatic carbocycles. The van der Waals surface area contributed by atoms with Crippen LogP contribution in [0.25, 0.3) is 0 Å². The Morgan fingerprint density at radius 3 is 2.37 bits per heavy atom. The van der Waals surface area contributed by atoms with E-state index in [0.29, 0.717) is 5.92 Å². The molecule has 1 unspecified atom stereocenters. The van der Waals surface area contributed by atoms with Gasteiger partial charge in [-0.25, -0.2) is 0 Å². The first kappa shape index (κ1) is 16.0. The van der Waals surface area contributed by atoms with Gasteiger partial charge in [-0.15, -0.1) is 0 Å². The molecule has 0 radical (unpaired) electrons. The van der Waals surface area contributed by atoms with Crippen LogP contribution in [-0.2, 0) is 0 Å². The van der Waals surface area contributed by atoms with Crippen LogP contribution in [0, 0.1) is 11.8 Å². The first-order chi connectivity index (χ1) is 9.17. The van der Waals surface area contributed by atoms with Crippen molar-refractivity contribution in [2.24, 2.45) is 17.6 Å². The third kappa shape index (κ3) is 6.11. The lowest BCUT2D eigenvalue weighted by Crippen LogP contribution is -2.34. The van der Waals surface area contributed by atoms with Gasteiger partial charge in [0.25, 0.3) is 0 Å². The molecule has 1 atom stereocenters. The number of benzene rings is 1. The van der Waals surface area contributed by atoms with Crippen molar-refractivity contribution in [3.05, 3.63) is 30.3 Å². The van der Waals surface area contributed by atoms with Crippen LogP contribution in [0.1, 0.15) is 40.0 Å². The Morgan fingerprint density at radius 1 is 1.16 bits per heavy atom. The van der Waals surface area contributed by atoms with Crippen LogP contribution in [0.4, 0.5) is 5.69 Å². The van der Waals surface area contributed by atoms with Crippen molar-refractivity contribution in [2.75, 3.05) is 24.5 Å². The van der Waals surface area contributed by atoms with Crippen LogP contribution in [0.2, 0.25) is 0 Å². The third-order valence-electron chi connectivity index (χ3n) is 3.52. The maximum Gasteiger partial charge on any atom is 0.0366 e. The molecule has 0 fully saturated rings. The maximum absolute atomic E-state index is 5.95. The number of anilines is 1. The number of unbranched alkanes of at least 4 members (excludes halogenated alkanes) is 1. The molecular weight excluding hydrogens is 232 g/mol. The van der Waals surface area contributed by atoms with E-state index in [2.05, 4.69) is 56.0 Å².